The number of carbonyl (C=O) groups excluding carboxylic acids is 2. The SMILES string of the molecule is CC(C1CCCCC1)N1C(=O)NC(CC(F)(F)F)C1=O. The zero-order chi connectivity index (χ0) is 14.9. The van der Waals surface area contributed by atoms with E-state index in [4.69, 9.17) is 0 Å². The van der Waals surface area contributed by atoms with Crippen molar-refractivity contribution in [3.05, 3.63) is 0 Å². The van der Waals surface area contributed by atoms with Gasteiger partial charge in [0.15, 0.2) is 0 Å². The van der Waals surface area contributed by atoms with Crippen LogP contribution in [0.4, 0.5) is 18.0 Å². The van der Waals surface area contributed by atoms with E-state index in [1.165, 1.54) is 0 Å². The van der Waals surface area contributed by atoms with Gasteiger partial charge in [0.1, 0.15) is 6.04 Å². The van der Waals surface area contributed by atoms with Crippen LogP contribution in [0.3, 0.4) is 0 Å². The summed E-state index contributed by atoms with van der Waals surface area (Å²) in [5.74, 6) is -0.548. The molecular weight excluding hydrogens is 273 g/mol. The van der Waals surface area contributed by atoms with Crippen LogP contribution in [0.5, 0.6) is 0 Å². The van der Waals surface area contributed by atoms with Gasteiger partial charge in [0.05, 0.1) is 6.42 Å². The predicted molar refractivity (Wildman–Crippen MR) is 65.9 cm³/mol. The molecular formula is C13H19F3N2O2. The minimum atomic E-state index is -4.46. The predicted octanol–water partition coefficient (Wildman–Crippen LogP) is 2.83. The first-order valence-electron chi connectivity index (χ1n) is 7.00. The Balaban J connectivity index is 2.04. The zero-order valence-electron chi connectivity index (χ0n) is 11.4. The first-order valence-corrected chi connectivity index (χ1v) is 7.00. The number of hydrogen-bond acceptors (Lipinski definition) is 2. The van der Waals surface area contributed by atoms with Gasteiger partial charge < -0.3 is 5.32 Å². The van der Waals surface area contributed by atoms with Crippen LogP contribution in [0, 0.1) is 5.92 Å². The average Bonchev–Trinajstić information content (AvgIpc) is 2.63. The fourth-order valence-electron chi connectivity index (χ4n) is 3.13. The molecule has 3 amide bonds. The van der Waals surface area contributed by atoms with Gasteiger partial charge in [-0.25, -0.2) is 4.79 Å². The number of hydrogen-bond donors (Lipinski definition) is 1. The molecule has 2 unspecified atom stereocenters. The van der Waals surface area contributed by atoms with Crippen molar-refractivity contribution in [3.63, 3.8) is 0 Å². The van der Waals surface area contributed by atoms with Crippen LogP contribution in [0.15, 0.2) is 0 Å². The van der Waals surface area contributed by atoms with E-state index < -0.39 is 30.6 Å². The first kappa shape index (κ1) is 15.1. The highest BCUT2D eigenvalue weighted by Gasteiger charge is 2.47. The van der Waals surface area contributed by atoms with Crippen molar-refractivity contribution >= 4 is 11.9 Å². The largest absolute Gasteiger partial charge is 0.391 e. The molecule has 0 radical (unpaired) electrons. The van der Waals surface area contributed by atoms with Crippen molar-refractivity contribution in [1.82, 2.24) is 10.2 Å². The minimum Gasteiger partial charge on any atom is -0.325 e. The molecule has 7 heteroatoms. The molecule has 2 aliphatic rings. The number of nitrogens with zero attached hydrogens (tertiary/aromatic N) is 1. The highest BCUT2D eigenvalue weighted by atomic mass is 19.4. The fraction of sp³-hybridized carbons (Fsp3) is 0.846. The number of amides is 3. The van der Waals surface area contributed by atoms with Gasteiger partial charge in [-0.15, -0.1) is 0 Å². The van der Waals surface area contributed by atoms with Crippen molar-refractivity contribution < 1.29 is 22.8 Å². The lowest BCUT2D eigenvalue weighted by molar-refractivity contribution is -0.150. The maximum Gasteiger partial charge on any atom is 0.391 e. The molecule has 0 aromatic carbocycles. The summed E-state index contributed by atoms with van der Waals surface area (Å²) in [6, 6.07) is -2.49. The molecule has 2 rings (SSSR count). The Labute approximate surface area is 115 Å². The molecule has 0 aromatic rings. The summed E-state index contributed by atoms with van der Waals surface area (Å²) < 4.78 is 37.1. The second kappa shape index (κ2) is 5.61. The Kier molecular flexibility index (Phi) is 4.25. The summed E-state index contributed by atoms with van der Waals surface area (Å²) in [6.07, 6.45) is -0.692. The van der Waals surface area contributed by atoms with Crippen LogP contribution in [-0.4, -0.2) is 35.1 Å². The second-order valence-electron chi connectivity index (χ2n) is 5.67. The lowest BCUT2D eigenvalue weighted by atomic mass is 9.84. The van der Waals surface area contributed by atoms with Crippen LogP contribution in [0.2, 0.25) is 0 Å². The normalized spacial score (nSPS) is 26.8. The van der Waals surface area contributed by atoms with E-state index in [2.05, 4.69) is 5.32 Å². The Bertz CT molecular complexity index is 392. The number of nitrogens with one attached hydrogen (secondary N) is 1. The quantitative estimate of drug-likeness (QED) is 0.813. The monoisotopic (exact) mass is 292 g/mol. The van der Waals surface area contributed by atoms with Gasteiger partial charge in [0.2, 0.25) is 0 Å². The molecule has 1 aliphatic heterocycles. The standard InChI is InChI=1S/C13H19F3N2O2/c1-8(9-5-3-2-4-6-9)18-11(19)10(17-12(18)20)7-13(14,15)16/h8-10H,2-7H2,1H3,(H,17,20). The number of carbonyl (C=O) groups is 2. The van der Waals surface area contributed by atoms with E-state index in [0.29, 0.717) is 0 Å². The number of imide groups is 1. The van der Waals surface area contributed by atoms with Crippen LogP contribution in [0.1, 0.15) is 45.4 Å². The van der Waals surface area contributed by atoms with Crippen molar-refractivity contribution in [3.8, 4) is 0 Å². The summed E-state index contributed by atoms with van der Waals surface area (Å²) in [5, 5.41) is 2.15. The Morgan fingerprint density at radius 1 is 1.25 bits per heavy atom. The molecule has 2 atom stereocenters. The van der Waals surface area contributed by atoms with Crippen LogP contribution in [0.25, 0.3) is 0 Å². The maximum absolute atomic E-state index is 12.4. The third kappa shape index (κ3) is 3.24. The Morgan fingerprint density at radius 3 is 2.40 bits per heavy atom. The molecule has 1 aliphatic carbocycles. The summed E-state index contributed by atoms with van der Waals surface area (Å²) in [7, 11) is 0. The highest BCUT2D eigenvalue weighted by molar-refractivity contribution is 6.04. The van der Waals surface area contributed by atoms with Crippen molar-refractivity contribution in [2.75, 3.05) is 0 Å². The molecule has 0 aromatic heterocycles. The second-order valence-corrected chi connectivity index (χ2v) is 5.67. The van der Waals surface area contributed by atoms with E-state index >= 15 is 0 Å². The Hall–Kier alpha value is -1.27. The van der Waals surface area contributed by atoms with Crippen LogP contribution < -0.4 is 5.32 Å². The number of alkyl halides is 3. The smallest absolute Gasteiger partial charge is 0.325 e. The van der Waals surface area contributed by atoms with Crippen molar-refractivity contribution in [2.45, 2.75) is 63.7 Å². The minimum absolute atomic E-state index is 0.197. The number of rotatable bonds is 3. The molecule has 0 bridgehead atoms. The fourth-order valence-corrected chi connectivity index (χ4v) is 3.13. The highest BCUT2D eigenvalue weighted by Crippen LogP contribution is 2.31. The summed E-state index contributed by atoms with van der Waals surface area (Å²) in [6.45, 7) is 1.75. The summed E-state index contributed by atoms with van der Waals surface area (Å²) in [4.78, 5) is 24.8. The van der Waals surface area contributed by atoms with E-state index in [1.54, 1.807) is 6.92 Å². The van der Waals surface area contributed by atoms with Gasteiger partial charge in [-0.1, -0.05) is 19.3 Å². The lowest BCUT2D eigenvalue weighted by Crippen LogP contribution is -2.44. The van der Waals surface area contributed by atoms with Crippen molar-refractivity contribution in [2.24, 2.45) is 5.92 Å². The third-order valence-electron chi connectivity index (χ3n) is 4.23. The van der Waals surface area contributed by atoms with Gasteiger partial charge in [0.25, 0.3) is 5.91 Å². The molecule has 4 nitrogen and oxygen atoms in total. The number of halogens is 3. The molecule has 2 fully saturated rings. The topological polar surface area (TPSA) is 49.4 Å². The van der Waals surface area contributed by atoms with Crippen LogP contribution >= 0.6 is 0 Å². The summed E-state index contributed by atoms with van der Waals surface area (Å²) >= 11 is 0. The molecule has 0 spiro atoms. The van der Waals surface area contributed by atoms with E-state index in [-0.39, 0.29) is 12.0 Å². The zero-order valence-corrected chi connectivity index (χ0v) is 11.4. The van der Waals surface area contributed by atoms with Gasteiger partial charge >= 0.3 is 12.2 Å². The van der Waals surface area contributed by atoms with E-state index in [1.807, 2.05) is 0 Å². The van der Waals surface area contributed by atoms with E-state index in [9.17, 15) is 22.8 Å². The first-order chi connectivity index (χ1) is 9.29. The van der Waals surface area contributed by atoms with Gasteiger partial charge in [-0.3, -0.25) is 9.69 Å². The molecule has 114 valence electrons. The van der Waals surface area contributed by atoms with Gasteiger partial charge in [0, 0.05) is 6.04 Å². The van der Waals surface area contributed by atoms with E-state index in [0.717, 1.165) is 37.0 Å². The molecule has 1 saturated heterocycles. The average molecular weight is 292 g/mol. The van der Waals surface area contributed by atoms with Crippen molar-refractivity contribution in [1.29, 1.82) is 0 Å². The molecule has 1 N–H and O–H groups in total. The van der Waals surface area contributed by atoms with Gasteiger partial charge in [-0.05, 0) is 25.7 Å². The number of urea groups is 1. The lowest BCUT2D eigenvalue weighted by Gasteiger charge is -2.32. The molecule has 1 saturated carbocycles. The van der Waals surface area contributed by atoms with Crippen LogP contribution in [-0.2, 0) is 4.79 Å². The Morgan fingerprint density at radius 2 is 1.85 bits per heavy atom. The maximum atomic E-state index is 12.4. The third-order valence-corrected chi connectivity index (χ3v) is 4.23. The molecule has 20 heavy (non-hydrogen) atoms. The summed E-state index contributed by atoms with van der Waals surface area (Å²) in [5.41, 5.74) is 0. The van der Waals surface area contributed by atoms with Gasteiger partial charge in [-0.2, -0.15) is 13.2 Å². The molecule has 1 heterocycles.